The highest BCUT2D eigenvalue weighted by Crippen LogP contribution is 2.31. The maximum atomic E-state index is 12.2. The number of nitrogens with one attached hydrogen (secondary N) is 1. The normalized spacial score (nSPS) is 12.3. The Morgan fingerprint density at radius 2 is 1.97 bits per heavy atom. The number of nitrogens with zero attached hydrogens (tertiary/aromatic N) is 2. The Bertz CT molecular complexity index is 913. The van der Waals surface area contributed by atoms with Gasteiger partial charge in [0.25, 0.3) is 0 Å². The van der Waals surface area contributed by atoms with Crippen LogP contribution in [0.4, 0.5) is 5.69 Å². The molecular formula is C20H26Cl2N4O3. The van der Waals surface area contributed by atoms with E-state index >= 15 is 0 Å². The van der Waals surface area contributed by atoms with Crippen molar-refractivity contribution in [3.05, 3.63) is 54.5 Å². The van der Waals surface area contributed by atoms with Crippen molar-refractivity contribution in [3.63, 3.8) is 0 Å². The summed E-state index contributed by atoms with van der Waals surface area (Å²) in [6, 6.07) is 10.8. The molecule has 0 fully saturated rings. The Morgan fingerprint density at radius 3 is 2.62 bits per heavy atom. The first-order valence-corrected chi connectivity index (χ1v) is 8.78. The zero-order valence-corrected chi connectivity index (χ0v) is 18.1. The number of hydrogen-bond acceptors (Lipinski definition) is 5. The summed E-state index contributed by atoms with van der Waals surface area (Å²) in [6.45, 7) is 3.89. The predicted octanol–water partition coefficient (Wildman–Crippen LogP) is 3.69. The number of anilines is 1. The largest absolute Gasteiger partial charge is 0.493 e. The topological polar surface area (TPSA) is 90.9 Å². The third kappa shape index (κ3) is 6.00. The van der Waals surface area contributed by atoms with Crippen LogP contribution in [0.5, 0.6) is 11.5 Å². The summed E-state index contributed by atoms with van der Waals surface area (Å²) < 4.78 is 13.2. The Balaban J connectivity index is 0.00000210. The Morgan fingerprint density at radius 1 is 1.21 bits per heavy atom. The zero-order valence-electron chi connectivity index (χ0n) is 16.5. The van der Waals surface area contributed by atoms with E-state index in [0.29, 0.717) is 17.2 Å². The summed E-state index contributed by atoms with van der Waals surface area (Å²) in [5.41, 5.74) is 8.07. The molecular weight excluding hydrogens is 415 g/mol. The fourth-order valence-corrected chi connectivity index (χ4v) is 2.57. The van der Waals surface area contributed by atoms with Crippen LogP contribution in [0.3, 0.4) is 0 Å². The van der Waals surface area contributed by atoms with Crippen LogP contribution in [0.1, 0.15) is 19.5 Å². The van der Waals surface area contributed by atoms with Gasteiger partial charge in [0.2, 0.25) is 5.91 Å². The number of amides is 1. The van der Waals surface area contributed by atoms with Gasteiger partial charge in [-0.3, -0.25) is 4.79 Å². The van der Waals surface area contributed by atoms with Crippen LogP contribution in [0.15, 0.2) is 48.8 Å². The van der Waals surface area contributed by atoms with Gasteiger partial charge in [-0.15, -0.1) is 24.8 Å². The molecule has 0 bridgehead atoms. The molecule has 1 aromatic carbocycles. The maximum Gasteiger partial charge on any atom is 0.228 e. The lowest BCUT2D eigenvalue weighted by molar-refractivity contribution is -0.119. The van der Waals surface area contributed by atoms with Gasteiger partial charge in [-0.2, -0.15) is 0 Å². The molecule has 7 nitrogen and oxygen atoms in total. The van der Waals surface area contributed by atoms with E-state index in [2.05, 4.69) is 10.3 Å². The lowest BCUT2D eigenvalue weighted by Gasteiger charge is -2.16. The zero-order chi connectivity index (χ0) is 19.4. The minimum atomic E-state index is -0.297. The quantitative estimate of drug-likeness (QED) is 0.584. The van der Waals surface area contributed by atoms with Gasteiger partial charge in [0.1, 0.15) is 12.3 Å². The Labute approximate surface area is 182 Å². The van der Waals surface area contributed by atoms with E-state index in [1.165, 1.54) is 0 Å². The molecule has 0 aliphatic heterocycles. The summed E-state index contributed by atoms with van der Waals surface area (Å²) in [4.78, 5) is 16.7. The van der Waals surface area contributed by atoms with Crippen LogP contribution in [-0.4, -0.2) is 28.4 Å². The molecule has 2 heterocycles. The number of hydrogen-bond donors (Lipinski definition) is 2. The first kappa shape index (κ1) is 24.6. The van der Waals surface area contributed by atoms with Crippen molar-refractivity contribution in [1.29, 1.82) is 0 Å². The molecule has 2 atom stereocenters. The number of nitrogens with two attached hydrogens (primary N) is 1. The van der Waals surface area contributed by atoms with Crippen molar-refractivity contribution in [1.82, 2.24) is 9.38 Å². The lowest BCUT2D eigenvalue weighted by atomic mass is 10.0. The number of pyridine rings is 1. The van der Waals surface area contributed by atoms with Crippen molar-refractivity contribution in [3.8, 4) is 11.5 Å². The van der Waals surface area contributed by atoms with Crippen LogP contribution in [-0.2, 0) is 11.4 Å². The summed E-state index contributed by atoms with van der Waals surface area (Å²) in [5.74, 6) is 0.675. The third-order valence-corrected chi connectivity index (χ3v) is 4.42. The second kappa shape index (κ2) is 10.9. The molecule has 3 aromatic rings. The number of halogens is 2. The third-order valence-electron chi connectivity index (χ3n) is 4.42. The Hall–Kier alpha value is -2.48. The number of carbonyl (C=O) groups is 1. The minimum absolute atomic E-state index is 0. The molecule has 29 heavy (non-hydrogen) atoms. The van der Waals surface area contributed by atoms with Crippen molar-refractivity contribution in [2.24, 2.45) is 11.7 Å². The summed E-state index contributed by atoms with van der Waals surface area (Å²) in [7, 11) is 1.57. The second-order valence-corrected chi connectivity index (χ2v) is 6.49. The second-order valence-electron chi connectivity index (χ2n) is 6.49. The number of benzene rings is 1. The lowest BCUT2D eigenvalue weighted by Crippen LogP contribution is -2.34. The fraction of sp³-hybridized carbons (Fsp3) is 0.300. The molecule has 3 rings (SSSR count). The smallest absolute Gasteiger partial charge is 0.228 e. The summed E-state index contributed by atoms with van der Waals surface area (Å²) >= 11 is 0. The molecule has 3 N–H and O–H groups in total. The van der Waals surface area contributed by atoms with E-state index in [9.17, 15) is 4.79 Å². The van der Waals surface area contributed by atoms with Gasteiger partial charge in [0, 0.05) is 30.2 Å². The molecule has 0 aliphatic rings. The van der Waals surface area contributed by atoms with Crippen LogP contribution in [0, 0.1) is 5.92 Å². The van der Waals surface area contributed by atoms with E-state index < -0.39 is 0 Å². The highest BCUT2D eigenvalue weighted by molar-refractivity contribution is 5.93. The number of imidazole rings is 1. The first-order valence-electron chi connectivity index (χ1n) is 8.78. The number of aromatic nitrogens is 2. The molecule has 0 aliphatic carbocycles. The van der Waals surface area contributed by atoms with Crippen molar-refractivity contribution < 1.29 is 14.3 Å². The number of methoxy groups -OCH3 is 1. The molecule has 158 valence electrons. The molecule has 0 saturated heterocycles. The summed E-state index contributed by atoms with van der Waals surface area (Å²) in [5, 5.41) is 2.86. The molecule has 0 saturated carbocycles. The van der Waals surface area contributed by atoms with Gasteiger partial charge in [-0.05, 0) is 31.2 Å². The van der Waals surface area contributed by atoms with Crippen LogP contribution in [0.2, 0.25) is 0 Å². The van der Waals surface area contributed by atoms with Crippen molar-refractivity contribution >= 4 is 42.1 Å². The monoisotopic (exact) mass is 440 g/mol. The van der Waals surface area contributed by atoms with Crippen molar-refractivity contribution in [2.75, 3.05) is 12.4 Å². The van der Waals surface area contributed by atoms with E-state index in [0.717, 1.165) is 11.3 Å². The molecule has 0 radical (unpaired) electrons. The van der Waals surface area contributed by atoms with Crippen LogP contribution < -0.4 is 20.5 Å². The molecule has 2 unspecified atom stereocenters. The fourth-order valence-electron chi connectivity index (χ4n) is 2.57. The van der Waals surface area contributed by atoms with Gasteiger partial charge in [-0.25, -0.2) is 4.98 Å². The summed E-state index contributed by atoms with van der Waals surface area (Å²) in [6.07, 6.45) is 3.85. The van der Waals surface area contributed by atoms with Gasteiger partial charge < -0.3 is 24.9 Å². The van der Waals surface area contributed by atoms with Crippen molar-refractivity contribution in [2.45, 2.75) is 26.5 Å². The molecule has 0 spiro atoms. The van der Waals surface area contributed by atoms with Crippen LogP contribution >= 0.6 is 24.8 Å². The maximum absolute atomic E-state index is 12.2. The average molecular weight is 441 g/mol. The number of fused-ring (bicyclic) bond motifs is 1. The number of carbonyl (C=O) groups excluding carboxylic acids is 1. The van der Waals surface area contributed by atoms with E-state index in [1.807, 2.05) is 41.9 Å². The van der Waals surface area contributed by atoms with Gasteiger partial charge >= 0.3 is 0 Å². The number of rotatable bonds is 7. The molecule has 1 amide bonds. The number of ether oxygens (including phenoxy) is 2. The van der Waals surface area contributed by atoms with Gasteiger partial charge in [0.05, 0.1) is 18.7 Å². The standard InChI is InChI=1S/C20H24N4O3.2ClH/c1-13(14(2)21)20(25)23-15-7-8-17(26-3)18(10-15)27-12-16-11-24-9-5-4-6-19(24)22-16;;/h4-11,13-14H,12,21H2,1-3H3,(H,23,25);2*1H. The molecule has 9 heteroatoms. The minimum Gasteiger partial charge on any atom is -0.493 e. The highest BCUT2D eigenvalue weighted by atomic mass is 35.5. The van der Waals surface area contributed by atoms with E-state index in [1.54, 1.807) is 32.2 Å². The predicted molar refractivity (Wildman–Crippen MR) is 118 cm³/mol. The SMILES string of the molecule is COc1ccc(NC(=O)C(C)C(C)N)cc1OCc1cn2ccccc2n1.Cl.Cl. The van der Waals surface area contributed by atoms with Gasteiger partial charge in [0.15, 0.2) is 11.5 Å². The molecule has 2 aromatic heterocycles. The average Bonchev–Trinajstić information content (AvgIpc) is 3.08. The van der Waals surface area contributed by atoms with Crippen LogP contribution in [0.25, 0.3) is 5.65 Å². The van der Waals surface area contributed by atoms with Gasteiger partial charge in [-0.1, -0.05) is 13.0 Å². The Kier molecular flexibility index (Phi) is 9.23. The highest BCUT2D eigenvalue weighted by Gasteiger charge is 2.18. The first-order chi connectivity index (χ1) is 13.0. The van der Waals surface area contributed by atoms with E-state index in [-0.39, 0.29) is 49.3 Å². The van der Waals surface area contributed by atoms with E-state index in [4.69, 9.17) is 15.2 Å².